The number of amides is 2. The van der Waals surface area contributed by atoms with Crippen LogP contribution in [0.25, 0.3) is 11.3 Å². The number of carbonyl (C=O) groups excluding carboxylic acids is 2. The summed E-state index contributed by atoms with van der Waals surface area (Å²) in [4.78, 5) is 26.7. The molecule has 0 saturated carbocycles. The van der Waals surface area contributed by atoms with Crippen LogP contribution in [0.2, 0.25) is 0 Å². The number of carbonyl (C=O) groups is 2. The summed E-state index contributed by atoms with van der Waals surface area (Å²) in [5.41, 5.74) is 5.52. The van der Waals surface area contributed by atoms with Gasteiger partial charge in [-0.2, -0.15) is 5.10 Å². The van der Waals surface area contributed by atoms with E-state index < -0.39 is 0 Å². The average molecular weight is 388 g/mol. The Morgan fingerprint density at radius 1 is 1.14 bits per heavy atom. The maximum absolute atomic E-state index is 12.8. The van der Waals surface area contributed by atoms with Crippen LogP contribution in [0.4, 0.5) is 11.5 Å². The van der Waals surface area contributed by atoms with Gasteiger partial charge in [-0.3, -0.25) is 14.3 Å². The summed E-state index contributed by atoms with van der Waals surface area (Å²) >= 11 is 0. The number of nitrogens with one attached hydrogen (secondary N) is 1. The van der Waals surface area contributed by atoms with Crippen LogP contribution >= 0.6 is 0 Å². The first-order chi connectivity index (χ1) is 14.0. The average Bonchev–Trinajstić information content (AvgIpc) is 3.30. The molecule has 2 amide bonds. The summed E-state index contributed by atoms with van der Waals surface area (Å²) in [7, 11) is 1.81. The SMILES string of the molecule is CCC(=O)N1CCc2cc(C(=O)Nc3cc(-c4ccccc4C)nn3C)ccc21. The molecule has 148 valence electrons. The zero-order valence-electron chi connectivity index (χ0n) is 16.9. The largest absolute Gasteiger partial charge is 0.312 e. The molecule has 6 nitrogen and oxygen atoms in total. The molecule has 4 rings (SSSR count). The van der Waals surface area contributed by atoms with Crippen molar-refractivity contribution in [3.8, 4) is 11.3 Å². The summed E-state index contributed by atoms with van der Waals surface area (Å²) in [6, 6.07) is 15.4. The van der Waals surface area contributed by atoms with Crippen LogP contribution in [0, 0.1) is 6.92 Å². The number of rotatable bonds is 4. The van der Waals surface area contributed by atoms with Crippen LogP contribution in [0.5, 0.6) is 0 Å². The molecule has 29 heavy (non-hydrogen) atoms. The molecule has 0 fully saturated rings. The quantitative estimate of drug-likeness (QED) is 0.736. The van der Waals surface area contributed by atoms with Gasteiger partial charge in [-0.25, -0.2) is 0 Å². The lowest BCUT2D eigenvalue weighted by molar-refractivity contribution is -0.118. The minimum Gasteiger partial charge on any atom is -0.312 e. The van der Waals surface area contributed by atoms with E-state index >= 15 is 0 Å². The fraction of sp³-hybridized carbons (Fsp3) is 0.261. The van der Waals surface area contributed by atoms with Crippen LogP contribution in [0.3, 0.4) is 0 Å². The fourth-order valence-electron chi connectivity index (χ4n) is 3.76. The number of fused-ring (bicyclic) bond motifs is 1. The molecule has 0 atom stereocenters. The fourth-order valence-corrected chi connectivity index (χ4v) is 3.76. The highest BCUT2D eigenvalue weighted by Crippen LogP contribution is 2.30. The second kappa shape index (κ2) is 7.54. The highest BCUT2D eigenvalue weighted by atomic mass is 16.2. The summed E-state index contributed by atoms with van der Waals surface area (Å²) in [5, 5.41) is 7.50. The van der Waals surface area contributed by atoms with Gasteiger partial charge in [0.25, 0.3) is 5.91 Å². The van der Waals surface area contributed by atoms with Gasteiger partial charge in [-0.15, -0.1) is 0 Å². The Balaban J connectivity index is 1.55. The maximum Gasteiger partial charge on any atom is 0.256 e. The highest BCUT2D eigenvalue weighted by molar-refractivity contribution is 6.05. The summed E-state index contributed by atoms with van der Waals surface area (Å²) in [6.07, 6.45) is 1.25. The van der Waals surface area contributed by atoms with Crippen LogP contribution in [0.1, 0.15) is 34.8 Å². The molecular weight excluding hydrogens is 364 g/mol. The van der Waals surface area contributed by atoms with Gasteiger partial charge in [0.15, 0.2) is 0 Å². The summed E-state index contributed by atoms with van der Waals surface area (Å²) < 4.78 is 1.68. The van der Waals surface area contributed by atoms with Crippen molar-refractivity contribution in [1.82, 2.24) is 9.78 Å². The van der Waals surface area contributed by atoms with Gasteiger partial charge in [-0.05, 0) is 42.7 Å². The van der Waals surface area contributed by atoms with Crippen LogP contribution in [-0.4, -0.2) is 28.1 Å². The van der Waals surface area contributed by atoms with E-state index in [1.807, 2.05) is 63.4 Å². The van der Waals surface area contributed by atoms with Crippen molar-refractivity contribution in [2.24, 2.45) is 7.05 Å². The lowest BCUT2D eigenvalue weighted by atomic mass is 10.1. The first kappa shape index (κ1) is 18.9. The van der Waals surface area contributed by atoms with Gasteiger partial charge < -0.3 is 10.2 Å². The number of benzene rings is 2. The van der Waals surface area contributed by atoms with Gasteiger partial charge in [0.1, 0.15) is 5.82 Å². The topological polar surface area (TPSA) is 67.2 Å². The van der Waals surface area contributed by atoms with Crippen molar-refractivity contribution in [3.05, 3.63) is 65.2 Å². The Kier molecular flexibility index (Phi) is 4.92. The van der Waals surface area contributed by atoms with Gasteiger partial charge in [-0.1, -0.05) is 31.2 Å². The third-order valence-corrected chi connectivity index (χ3v) is 5.38. The molecule has 1 aromatic heterocycles. The van der Waals surface area contributed by atoms with Crippen molar-refractivity contribution < 1.29 is 9.59 Å². The van der Waals surface area contributed by atoms with Crippen molar-refractivity contribution >= 4 is 23.3 Å². The van der Waals surface area contributed by atoms with E-state index in [0.717, 1.165) is 34.5 Å². The molecule has 1 aliphatic heterocycles. The predicted molar refractivity (Wildman–Crippen MR) is 114 cm³/mol. The Bertz CT molecular complexity index is 1100. The molecule has 1 N–H and O–H groups in total. The first-order valence-electron chi connectivity index (χ1n) is 9.82. The van der Waals surface area contributed by atoms with Gasteiger partial charge in [0, 0.05) is 42.9 Å². The normalized spacial score (nSPS) is 12.7. The van der Waals surface area contributed by atoms with Gasteiger partial charge in [0.05, 0.1) is 5.69 Å². The molecular formula is C23H24N4O2. The smallest absolute Gasteiger partial charge is 0.256 e. The predicted octanol–water partition coefficient (Wildman–Crippen LogP) is 3.95. The Hall–Kier alpha value is -3.41. The van der Waals surface area contributed by atoms with Crippen molar-refractivity contribution in [1.29, 1.82) is 0 Å². The van der Waals surface area contributed by atoms with Crippen molar-refractivity contribution in [3.63, 3.8) is 0 Å². The minimum absolute atomic E-state index is 0.111. The van der Waals surface area contributed by atoms with Crippen LogP contribution in [0.15, 0.2) is 48.5 Å². The number of hydrogen-bond acceptors (Lipinski definition) is 3. The van der Waals surface area contributed by atoms with E-state index in [1.54, 1.807) is 15.6 Å². The molecule has 2 heterocycles. The lowest BCUT2D eigenvalue weighted by Gasteiger charge is -2.16. The van der Waals surface area contributed by atoms with E-state index in [1.165, 1.54) is 0 Å². The molecule has 0 aliphatic carbocycles. The second-order valence-corrected chi connectivity index (χ2v) is 7.30. The van der Waals surface area contributed by atoms with E-state index in [9.17, 15) is 9.59 Å². The number of aryl methyl sites for hydroxylation is 2. The molecule has 0 saturated heterocycles. The van der Waals surface area contributed by atoms with Gasteiger partial charge >= 0.3 is 0 Å². The first-order valence-corrected chi connectivity index (χ1v) is 9.82. The third kappa shape index (κ3) is 3.53. The Labute approximate surface area is 170 Å². The van der Waals surface area contributed by atoms with Crippen LogP contribution < -0.4 is 10.2 Å². The third-order valence-electron chi connectivity index (χ3n) is 5.38. The van der Waals surface area contributed by atoms with Crippen molar-refractivity contribution in [2.45, 2.75) is 26.7 Å². The molecule has 2 aromatic carbocycles. The molecule has 0 radical (unpaired) electrons. The number of hydrogen-bond donors (Lipinski definition) is 1. The van der Waals surface area contributed by atoms with Gasteiger partial charge in [0.2, 0.25) is 5.91 Å². The zero-order valence-corrected chi connectivity index (χ0v) is 16.9. The minimum atomic E-state index is -0.188. The molecule has 0 spiro atoms. The lowest BCUT2D eigenvalue weighted by Crippen LogP contribution is -2.27. The number of nitrogens with zero attached hydrogens (tertiary/aromatic N) is 3. The Morgan fingerprint density at radius 2 is 1.93 bits per heavy atom. The second-order valence-electron chi connectivity index (χ2n) is 7.30. The standard InChI is InChI=1S/C23H24N4O2/c1-4-22(28)27-12-11-16-13-17(9-10-20(16)27)23(29)24-21-14-19(25-26(21)3)18-8-6-5-7-15(18)2/h5-10,13-14H,4,11-12H2,1-3H3,(H,24,29). The molecule has 1 aliphatic rings. The van der Waals surface area contributed by atoms with E-state index in [4.69, 9.17) is 0 Å². The highest BCUT2D eigenvalue weighted by Gasteiger charge is 2.24. The summed E-state index contributed by atoms with van der Waals surface area (Å²) in [6.45, 7) is 4.58. The maximum atomic E-state index is 12.8. The zero-order chi connectivity index (χ0) is 20.5. The molecule has 0 unspecified atom stereocenters. The monoisotopic (exact) mass is 388 g/mol. The molecule has 6 heteroatoms. The Morgan fingerprint density at radius 3 is 2.69 bits per heavy atom. The van der Waals surface area contributed by atoms with E-state index in [2.05, 4.69) is 10.4 Å². The van der Waals surface area contributed by atoms with E-state index in [0.29, 0.717) is 24.3 Å². The number of anilines is 2. The molecule has 3 aromatic rings. The number of aromatic nitrogens is 2. The van der Waals surface area contributed by atoms with Crippen LogP contribution in [-0.2, 0) is 18.3 Å². The van der Waals surface area contributed by atoms with Crippen molar-refractivity contribution in [2.75, 3.05) is 16.8 Å². The molecule has 0 bridgehead atoms. The summed E-state index contributed by atoms with van der Waals surface area (Å²) in [5.74, 6) is 0.559. The van der Waals surface area contributed by atoms with E-state index in [-0.39, 0.29) is 11.8 Å².